The summed E-state index contributed by atoms with van der Waals surface area (Å²) in [6, 6.07) is 7.04. The standard InChI is InChI=1S/C22H32FN5.HI/c1-16-20(17(2)28(4)27-16)14-25-21(24-3)26-15-22(12-6-5-7-13-22)18-8-10-19(23)11-9-18;/h8-11H,5-7,12-15H2,1-4H3,(H2,24,25,26);1H. The second-order valence-electron chi connectivity index (χ2n) is 7.90. The van der Waals surface area contributed by atoms with Gasteiger partial charge < -0.3 is 10.6 Å². The number of nitrogens with zero attached hydrogens (tertiary/aromatic N) is 3. The molecule has 0 aliphatic heterocycles. The third kappa shape index (κ3) is 5.49. The van der Waals surface area contributed by atoms with Gasteiger partial charge in [0.1, 0.15) is 5.82 Å². The molecule has 0 bridgehead atoms. The van der Waals surface area contributed by atoms with Crippen LogP contribution in [0.5, 0.6) is 0 Å². The van der Waals surface area contributed by atoms with E-state index in [0.29, 0.717) is 6.54 Å². The van der Waals surface area contributed by atoms with Crippen molar-refractivity contribution in [1.29, 1.82) is 0 Å². The summed E-state index contributed by atoms with van der Waals surface area (Å²) >= 11 is 0. The summed E-state index contributed by atoms with van der Waals surface area (Å²) in [6.07, 6.45) is 5.92. The highest BCUT2D eigenvalue weighted by molar-refractivity contribution is 14.0. The molecule has 0 radical (unpaired) electrons. The van der Waals surface area contributed by atoms with E-state index in [1.807, 2.05) is 30.8 Å². The van der Waals surface area contributed by atoms with Crippen LogP contribution in [0.2, 0.25) is 0 Å². The summed E-state index contributed by atoms with van der Waals surface area (Å²) < 4.78 is 15.3. The average Bonchev–Trinajstić information content (AvgIpc) is 2.95. The lowest BCUT2D eigenvalue weighted by atomic mass is 9.69. The number of aliphatic imine (C=N–C) groups is 1. The van der Waals surface area contributed by atoms with E-state index < -0.39 is 0 Å². The van der Waals surface area contributed by atoms with Crippen LogP contribution >= 0.6 is 24.0 Å². The number of aromatic nitrogens is 2. The second kappa shape index (κ2) is 10.4. The Morgan fingerprint density at radius 3 is 2.34 bits per heavy atom. The van der Waals surface area contributed by atoms with Crippen molar-refractivity contribution in [2.24, 2.45) is 12.0 Å². The molecule has 0 spiro atoms. The van der Waals surface area contributed by atoms with Gasteiger partial charge in [-0.05, 0) is 44.4 Å². The first kappa shape index (κ1) is 23.6. The highest BCUT2D eigenvalue weighted by atomic mass is 127. The molecule has 1 heterocycles. The van der Waals surface area contributed by atoms with Gasteiger partial charge in [0.05, 0.1) is 5.69 Å². The van der Waals surface area contributed by atoms with Crippen LogP contribution in [0, 0.1) is 19.7 Å². The molecule has 2 aromatic rings. The topological polar surface area (TPSA) is 54.2 Å². The van der Waals surface area contributed by atoms with Crippen LogP contribution in [-0.4, -0.2) is 29.3 Å². The van der Waals surface area contributed by atoms with E-state index in [2.05, 4.69) is 27.6 Å². The molecule has 5 nitrogen and oxygen atoms in total. The summed E-state index contributed by atoms with van der Waals surface area (Å²) in [5.41, 5.74) is 4.66. The quantitative estimate of drug-likeness (QED) is 0.355. The molecular weight excluding hydrogens is 480 g/mol. The summed E-state index contributed by atoms with van der Waals surface area (Å²) in [5.74, 6) is 0.608. The Morgan fingerprint density at radius 2 is 1.79 bits per heavy atom. The van der Waals surface area contributed by atoms with Crippen LogP contribution in [0.1, 0.15) is 54.6 Å². The normalized spacial score (nSPS) is 16.2. The maximum atomic E-state index is 13.4. The molecule has 0 unspecified atom stereocenters. The lowest BCUT2D eigenvalue weighted by molar-refractivity contribution is 0.291. The lowest BCUT2D eigenvalue weighted by Gasteiger charge is -2.38. The first-order valence-corrected chi connectivity index (χ1v) is 10.1. The molecule has 0 amide bonds. The molecule has 7 heteroatoms. The number of guanidine groups is 1. The van der Waals surface area contributed by atoms with E-state index in [1.54, 1.807) is 19.2 Å². The molecule has 29 heavy (non-hydrogen) atoms. The summed E-state index contributed by atoms with van der Waals surface area (Å²) in [5, 5.41) is 11.4. The fourth-order valence-corrected chi connectivity index (χ4v) is 4.32. The number of hydrogen-bond acceptors (Lipinski definition) is 2. The molecule has 1 aliphatic rings. The molecule has 160 valence electrons. The third-order valence-corrected chi connectivity index (χ3v) is 6.18. The van der Waals surface area contributed by atoms with Crippen molar-refractivity contribution in [3.8, 4) is 0 Å². The summed E-state index contributed by atoms with van der Waals surface area (Å²) in [4.78, 5) is 4.40. The monoisotopic (exact) mass is 513 g/mol. The van der Waals surface area contributed by atoms with E-state index in [0.717, 1.165) is 36.7 Å². The van der Waals surface area contributed by atoms with E-state index in [4.69, 9.17) is 0 Å². The third-order valence-electron chi connectivity index (χ3n) is 6.18. The fraction of sp³-hybridized carbons (Fsp3) is 0.545. The van der Waals surface area contributed by atoms with Gasteiger partial charge in [-0.15, -0.1) is 24.0 Å². The molecular formula is C22H33FIN5. The Kier molecular flexibility index (Phi) is 8.48. The van der Waals surface area contributed by atoms with Gasteiger partial charge in [-0.3, -0.25) is 9.67 Å². The smallest absolute Gasteiger partial charge is 0.191 e. The SMILES string of the molecule is CN=C(NCc1c(C)nn(C)c1C)NCC1(c2ccc(F)cc2)CCCCC1.I. The van der Waals surface area contributed by atoms with Crippen LogP contribution in [0.4, 0.5) is 4.39 Å². The number of hydrogen-bond donors (Lipinski definition) is 2. The number of halogens is 2. The maximum Gasteiger partial charge on any atom is 0.191 e. The van der Waals surface area contributed by atoms with Crippen LogP contribution < -0.4 is 10.6 Å². The Hall–Kier alpha value is -1.64. The first-order valence-electron chi connectivity index (χ1n) is 10.1. The maximum absolute atomic E-state index is 13.4. The number of rotatable bonds is 5. The van der Waals surface area contributed by atoms with Crippen LogP contribution in [0.15, 0.2) is 29.3 Å². The van der Waals surface area contributed by atoms with Crippen molar-refractivity contribution in [1.82, 2.24) is 20.4 Å². The molecule has 1 aliphatic carbocycles. The van der Waals surface area contributed by atoms with Crippen LogP contribution in [-0.2, 0) is 19.0 Å². The van der Waals surface area contributed by atoms with Gasteiger partial charge in [0.15, 0.2) is 5.96 Å². The van der Waals surface area contributed by atoms with Crippen molar-refractivity contribution < 1.29 is 4.39 Å². The zero-order chi connectivity index (χ0) is 20.1. The molecule has 0 atom stereocenters. The minimum atomic E-state index is -0.178. The molecule has 1 saturated carbocycles. The zero-order valence-corrected chi connectivity index (χ0v) is 20.2. The fourth-order valence-electron chi connectivity index (χ4n) is 4.32. The van der Waals surface area contributed by atoms with E-state index in [9.17, 15) is 4.39 Å². The molecule has 1 aromatic carbocycles. The van der Waals surface area contributed by atoms with Crippen LogP contribution in [0.25, 0.3) is 0 Å². The molecule has 0 saturated heterocycles. The predicted molar refractivity (Wildman–Crippen MR) is 127 cm³/mol. The van der Waals surface area contributed by atoms with Crippen molar-refractivity contribution >= 4 is 29.9 Å². The molecule has 1 fully saturated rings. The minimum absolute atomic E-state index is 0. The van der Waals surface area contributed by atoms with E-state index >= 15 is 0 Å². The van der Waals surface area contributed by atoms with Gasteiger partial charge in [-0.2, -0.15) is 5.10 Å². The van der Waals surface area contributed by atoms with Gasteiger partial charge >= 0.3 is 0 Å². The number of nitrogens with one attached hydrogen (secondary N) is 2. The van der Waals surface area contributed by atoms with Gasteiger partial charge in [0.2, 0.25) is 0 Å². The Morgan fingerprint density at radius 1 is 1.14 bits per heavy atom. The van der Waals surface area contributed by atoms with Gasteiger partial charge in [0.25, 0.3) is 0 Å². The zero-order valence-electron chi connectivity index (χ0n) is 17.9. The van der Waals surface area contributed by atoms with Crippen molar-refractivity contribution in [3.63, 3.8) is 0 Å². The van der Waals surface area contributed by atoms with Crippen molar-refractivity contribution in [3.05, 3.63) is 52.6 Å². The van der Waals surface area contributed by atoms with Gasteiger partial charge in [-0.1, -0.05) is 31.4 Å². The predicted octanol–water partition coefficient (Wildman–Crippen LogP) is 4.36. The highest BCUT2D eigenvalue weighted by Gasteiger charge is 2.34. The molecule has 1 aromatic heterocycles. The minimum Gasteiger partial charge on any atom is -0.356 e. The number of benzene rings is 1. The molecule has 2 N–H and O–H groups in total. The lowest BCUT2D eigenvalue weighted by Crippen LogP contribution is -2.46. The first-order chi connectivity index (χ1) is 13.4. The number of aryl methyl sites for hydroxylation is 2. The van der Waals surface area contributed by atoms with Crippen molar-refractivity contribution in [2.45, 2.75) is 57.9 Å². The van der Waals surface area contributed by atoms with Crippen molar-refractivity contribution in [2.75, 3.05) is 13.6 Å². The average molecular weight is 513 g/mol. The summed E-state index contributed by atoms with van der Waals surface area (Å²) in [6.45, 7) is 5.60. The van der Waals surface area contributed by atoms with Gasteiger partial charge in [-0.25, -0.2) is 4.39 Å². The second-order valence-corrected chi connectivity index (χ2v) is 7.90. The molecule has 3 rings (SSSR count). The van der Waals surface area contributed by atoms with Gasteiger partial charge in [0, 0.05) is 43.9 Å². The Balaban J connectivity index is 0.00000300. The van der Waals surface area contributed by atoms with E-state index in [-0.39, 0.29) is 35.2 Å². The Bertz CT molecular complexity index is 822. The van der Waals surface area contributed by atoms with Crippen LogP contribution in [0.3, 0.4) is 0 Å². The summed E-state index contributed by atoms with van der Waals surface area (Å²) in [7, 11) is 3.76. The largest absolute Gasteiger partial charge is 0.356 e. The van der Waals surface area contributed by atoms with E-state index in [1.165, 1.54) is 30.4 Å². The highest BCUT2D eigenvalue weighted by Crippen LogP contribution is 2.39. The Labute approximate surface area is 190 Å².